The van der Waals surface area contributed by atoms with Crippen LogP contribution in [0.15, 0.2) is 30.3 Å². The molecule has 3 aromatic rings. The van der Waals surface area contributed by atoms with E-state index in [1.165, 1.54) is 11.3 Å². The summed E-state index contributed by atoms with van der Waals surface area (Å²) in [7, 11) is 1.55. The molecule has 0 saturated carbocycles. The van der Waals surface area contributed by atoms with Gasteiger partial charge in [0.2, 0.25) is 5.88 Å². The summed E-state index contributed by atoms with van der Waals surface area (Å²) in [6.07, 6.45) is 0. The third kappa shape index (κ3) is 3.66. The highest BCUT2D eigenvalue weighted by atomic mass is 32.1. The molecule has 7 heteroatoms. The van der Waals surface area contributed by atoms with E-state index in [2.05, 4.69) is 20.5 Å². The number of benzene rings is 1. The number of nitrogens with one attached hydrogen (secondary N) is 1. The standard InChI is InChI=1S/C18H18N4O2S/c1-10-5-6-13(14-7-8-16(24-4)22-21-14)9-15(10)20-18(23)17-11(2)19-12(3)25-17/h5-9H,1-4H3,(H,20,23). The van der Waals surface area contributed by atoms with E-state index < -0.39 is 0 Å². The third-order valence-electron chi connectivity index (χ3n) is 3.74. The average Bonchev–Trinajstić information content (AvgIpc) is 2.95. The molecule has 0 aliphatic heterocycles. The Kier molecular flexibility index (Phi) is 4.76. The predicted octanol–water partition coefficient (Wildman–Crippen LogP) is 3.79. The first-order valence-electron chi connectivity index (χ1n) is 7.72. The molecule has 0 fully saturated rings. The predicted molar refractivity (Wildman–Crippen MR) is 98.3 cm³/mol. The quantitative estimate of drug-likeness (QED) is 0.771. The largest absolute Gasteiger partial charge is 0.480 e. The Balaban J connectivity index is 1.88. The van der Waals surface area contributed by atoms with Crippen LogP contribution in [0.1, 0.15) is 25.9 Å². The molecule has 0 aliphatic rings. The maximum atomic E-state index is 12.5. The van der Waals surface area contributed by atoms with Gasteiger partial charge >= 0.3 is 0 Å². The maximum absolute atomic E-state index is 12.5. The van der Waals surface area contributed by atoms with Gasteiger partial charge in [0.25, 0.3) is 5.91 Å². The summed E-state index contributed by atoms with van der Waals surface area (Å²) < 4.78 is 5.03. The van der Waals surface area contributed by atoms with Crippen molar-refractivity contribution in [2.45, 2.75) is 20.8 Å². The minimum Gasteiger partial charge on any atom is -0.480 e. The number of ether oxygens (including phenoxy) is 1. The maximum Gasteiger partial charge on any atom is 0.267 e. The first-order valence-corrected chi connectivity index (χ1v) is 8.53. The zero-order valence-corrected chi connectivity index (χ0v) is 15.3. The SMILES string of the molecule is COc1ccc(-c2ccc(C)c(NC(=O)c3sc(C)nc3C)c2)nn1. The van der Waals surface area contributed by atoms with E-state index >= 15 is 0 Å². The Morgan fingerprint density at radius 2 is 1.92 bits per heavy atom. The van der Waals surface area contributed by atoms with Gasteiger partial charge in [0, 0.05) is 17.3 Å². The Morgan fingerprint density at radius 1 is 1.12 bits per heavy atom. The summed E-state index contributed by atoms with van der Waals surface area (Å²) in [5.41, 5.74) is 4.03. The Hall–Kier alpha value is -2.80. The molecule has 25 heavy (non-hydrogen) atoms. The number of amides is 1. The van der Waals surface area contributed by atoms with E-state index in [1.807, 2.05) is 45.0 Å². The molecular weight excluding hydrogens is 336 g/mol. The molecule has 2 aromatic heterocycles. The van der Waals surface area contributed by atoms with Crippen LogP contribution in [0, 0.1) is 20.8 Å². The summed E-state index contributed by atoms with van der Waals surface area (Å²) in [5.74, 6) is 0.310. The highest BCUT2D eigenvalue weighted by molar-refractivity contribution is 7.13. The molecule has 0 radical (unpaired) electrons. The van der Waals surface area contributed by atoms with Gasteiger partial charge in [-0.25, -0.2) is 4.98 Å². The molecule has 6 nitrogen and oxygen atoms in total. The van der Waals surface area contributed by atoms with Crippen LogP contribution in [0.25, 0.3) is 11.3 Å². The summed E-state index contributed by atoms with van der Waals surface area (Å²) in [5, 5.41) is 12.0. The van der Waals surface area contributed by atoms with E-state index in [9.17, 15) is 4.79 Å². The molecule has 1 amide bonds. The van der Waals surface area contributed by atoms with Gasteiger partial charge in [0.15, 0.2) is 0 Å². The number of rotatable bonds is 4. The second kappa shape index (κ2) is 6.98. The number of hydrogen-bond donors (Lipinski definition) is 1. The van der Waals surface area contributed by atoms with Gasteiger partial charge < -0.3 is 10.1 Å². The van der Waals surface area contributed by atoms with Crippen LogP contribution in [0.2, 0.25) is 0 Å². The number of hydrogen-bond acceptors (Lipinski definition) is 6. The molecule has 128 valence electrons. The van der Waals surface area contributed by atoms with Crippen LogP contribution in [-0.4, -0.2) is 28.2 Å². The van der Waals surface area contributed by atoms with E-state index in [-0.39, 0.29) is 5.91 Å². The van der Waals surface area contributed by atoms with Crippen LogP contribution in [-0.2, 0) is 0 Å². The molecule has 1 aromatic carbocycles. The molecule has 0 bridgehead atoms. The Bertz CT molecular complexity index is 919. The van der Waals surface area contributed by atoms with Crippen LogP contribution in [0.5, 0.6) is 5.88 Å². The normalized spacial score (nSPS) is 10.6. The van der Waals surface area contributed by atoms with E-state index in [1.54, 1.807) is 13.2 Å². The van der Waals surface area contributed by atoms with E-state index in [0.717, 1.165) is 27.5 Å². The van der Waals surface area contributed by atoms with Gasteiger partial charge in [-0.15, -0.1) is 21.5 Å². The van der Waals surface area contributed by atoms with Crippen molar-refractivity contribution in [2.24, 2.45) is 0 Å². The van der Waals surface area contributed by atoms with Crippen LogP contribution in [0.4, 0.5) is 5.69 Å². The average molecular weight is 354 g/mol. The molecule has 0 saturated heterocycles. The molecule has 3 rings (SSSR count). The summed E-state index contributed by atoms with van der Waals surface area (Å²) in [6.45, 7) is 5.68. The smallest absolute Gasteiger partial charge is 0.267 e. The third-order valence-corrected chi connectivity index (χ3v) is 4.81. The number of carbonyl (C=O) groups excluding carboxylic acids is 1. The second-order valence-electron chi connectivity index (χ2n) is 5.59. The number of anilines is 1. The molecule has 1 N–H and O–H groups in total. The van der Waals surface area contributed by atoms with Crippen molar-refractivity contribution >= 4 is 22.9 Å². The lowest BCUT2D eigenvalue weighted by molar-refractivity contribution is 0.102. The Labute approximate surface area is 149 Å². The fourth-order valence-electron chi connectivity index (χ4n) is 2.42. The number of aryl methyl sites for hydroxylation is 3. The topological polar surface area (TPSA) is 77.0 Å². The van der Waals surface area contributed by atoms with Crippen molar-refractivity contribution in [1.29, 1.82) is 0 Å². The summed E-state index contributed by atoms with van der Waals surface area (Å²) >= 11 is 1.39. The van der Waals surface area contributed by atoms with Gasteiger partial charge in [0.05, 0.1) is 23.5 Å². The monoisotopic (exact) mass is 354 g/mol. The van der Waals surface area contributed by atoms with Gasteiger partial charge in [-0.2, -0.15) is 0 Å². The van der Waals surface area contributed by atoms with Crippen molar-refractivity contribution in [3.63, 3.8) is 0 Å². The zero-order chi connectivity index (χ0) is 18.0. The molecular formula is C18H18N4O2S. The zero-order valence-electron chi connectivity index (χ0n) is 14.5. The second-order valence-corrected chi connectivity index (χ2v) is 6.80. The molecule has 0 unspecified atom stereocenters. The molecule has 0 aliphatic carbocycles. The molecule has 0 atom stereocenters. The minimum absolute atomic E-state index is 0.149. The first kappa shape index (κ1) is 17.0. The number of aromatic nitrogens is 3. The van der Waals surface area contributed by atoms with Crippen molar-refractivity contribution in [2.75, 3.05) is 12.4 Å². The summed E-state index contributed by atoms with van der Waals surface area (Å²) in [6, 6.07) is 9.38. The number of carbonyl (C=O) groups is 1. The number of nitrogens with zero attached hydrogens (tertiary/aromatic N) is 3. The lowest BCUT2D eigenvalue weighted by atomic mass is 10.1. The van der Waals surface area contributed by atoms with Gasteiger partial charge in [-0.3, -0.25) is 4.79 Å². The lowest BCUT2D eigenvalue weighted by Gasteiger charge is -2.10. The number of thiazole rings is 1. The van der Waals surface area contributed by atoms with E-state index in [0.29, 0.717) is 16.5 Å². The van der Waals surface area contributed by atoms with Gasteiger partial charge in [0.1, 0.15) is 4.88 Å². The van der Waals surface area contributed by atoms with Gasteiger partial charge in [-0.1, -0.05) is 12.1 Å². The first-order chi connectivity index (χ1) is 12.0. The molecule has 0 spiro atoms. The van der Waals surface area contributed by atoms with Crippen LogP contribution < -0.4 is 10.1 Å². The van der Waals surface area contributed by atoms with Crippen molar-refractivity contribution in [1.82, 2.24) is 15.2 Å². The minimum atomic E-state index is -0.149. The van der Waals surface area contributed by atoms with Crippen molar-refractivity contribution < 1.29 is 9.53 Å². The highest BCUT2D eigenvalue weighted by Gasteiger charge is 2.15. The van der Waals surface area contributed by atoms with Crippen LogP contribution >= 0.6 is 11.3 Å². The fraction of sp³-hybridized carbons (Fsp3) is 0.222. The van der Waals surface area contributed by atoms with E-state index in [4.69, 9.17) is 4.74 Å². The van der Waals surface area contributed by atoms with Crippen LogP contribution in [0.3, 0.4) is 0 Å². The van der Waals surface area contributed by atoms with Crippen molar-refractivity contribution in [3.05, 3.63) is 51.5 Å². The highest BCUT2D eigenvalue weighted by Crippen LogP contribution is 2.26. The lowest BCUT2D eigenvalue weighted by Crippen LogP contribution is -2.12. The van der Waals surface area contributed by atoms with Gasteiger partial charge in [-0.05, 0) is 38.5 Å². The molecule has 2 heterocycles. The Morgan fingerprint density at radius 3 is 2.52 bits per heavy atom. The number of methoxy groups -OCH3 is 1. The fourth-order valence-corrected chi connectivity index (χ4v) is 3.23. The summed E-state index contributed by atoms with van der Waals surface area (Å²) in [4.78, 5) is 17.5. The van der Waals surface area contributed by atoms with Crippen molar-refractivity contribution in [3.8, 4) is 17.1 Å².